The molecule has 0 aromatic carbocycles. The average molecular weight is 214 g/mol. The van der Waals surface area contributed by atoms with E-state index in [1.807, 2.05) is 0 Å². The van der Waals surface area contributed by atoms with Gasteiger partial charge < -0.3 is 5.11 Å². The van der Waals surface area contributed by atoms with E-state index in [1.165, 1.54) is 0 Å². The fourth-order valence-electron chi connectivity index (χ4n) is 1.44. The quantitative estimate of drug-likeness (QED) is 0.820. The standard InChI is InChI=1S/C11H10N4O/c12-6-9-2-1-3-13-11(9)10-7-14-15(8-10)4-5-16/h1-3,7-8,16H,4-5H2. The van der Waals surface area contributed by atoms with E-state index in [0.29, 0.717) is 17.8 Å². The molecule has 0 fully saturated rings. The SMILES string of the molecule is N#Cc1cccnc1-c1cnn(CCO)c1. The molecule has 0 bridgehead atoms. The highest BCUT2D eigenvalue weighted by molar-refractivity contribution is 5.64. The second-order valence-electron chi connectivity index (χ2n) is 3.23. The minimum absolute atomic E-state index is 0.0362. The third-order valence-corrected chi connectivity index (χ3v) is 2.16. The van der Waals surface area contributed by atoms with Crippen molar-refractivity contribution in [2.24, 2.45) is 0 Å². The van der Waals surface area contributed by atoms with Crippen LogP contribution in [0.4, 0.5) is 0 Å². The molecule has 1 N–H and O–H groups in total. The van der Waals surface area contributed by atoms with Gasteiger partial charge in [-0.05, 0) is 12.1 Å². The summed E-state index contributed by atoms with van der Waals surface area (Å²) in [4.78, 5) is 4.15. The summed E-state index contributed by atoms with van der Waals surface area (Å²) >= 11 is 0. The zero-order valence-electron chi connectivity index (χ0n) is 8.54. The topological polar surface area (TPSA) is 74.7 Å². The third kappa shape index (κ3) is 1.92. The summed E-state index contributed by atoms with van der Waals surface area (Å²) < 4.78 is 1.62. The van der Waals surface area contributed by atoms with Crippen LogP contribution in [0.5, 0.6) is 0 Å². The number of rotatable bonds is 3. The van der Waals surface area contributed by atoms with Gasteiger partial charge in [0.05, 0.1) is 30.6 Å². The Balaban J connectivity index is 2.39. The summed E-state index contributed by atoms with van der Waals surface area (Å²) in [5.74, 6) is 0. The fourth-order valence-corrected chi connectivity index (χ4v) is 1.44. The molecule has 2 aromatic rings. The maximum atomic E-state index is 8.93. The minimum Gasteiger partial charge on any atom is -0.394 e. The Morgan fingerprint density at radius 3 is 3.12 bits per heavy atom. The Hall–Kier alpha value is -2.19. The van der Waals surface area contributed by atoms with Crippen LogP contribution in [0, 0.1) is 11.3 Å². The van der Waals surface area contributed by atoms with Crippen molar-refractivity contribution in [2.45, 2.75) is 6.54 Å². The van der Waals surface area contributed by atoms with Crippen LogP contribution in [0.3, 0.4) is 0 Å². The number of pyridine rings is 1. The first kappa shape index (κ1) is 10.3. The first-order valence-electron chi connectivity index (χ1n) is 4.84. The number of aliphatic hydroxyl groups excluding tert-OH is 1. The minimum atomic E-state index is 0.0362. The highest BCUT2D eigenvalue weighted by Crippen LogP contribution is 2.19. The second-order valence-corrected chi connectivity index (χ2v) is 3.23. The molecule has 0 saturated carbocycles. The van der Waals surface area contributed by atoms with Gasteiger partial charge in [-0.1, -0.05) is 0 Å². The van der Waals surface area contributed by atoms with E-state index < -0.39 is 0 Å². The molecule has 0 saturated heterocycles. The van der Waals surface area contributed by atoms with Crippen LogP contribution in [-0.4, -0.2) is 26.5 Å². The van der Waals surface area contributed by atoms with Crippen LogP contribution in [0.25, 0.3) is 11.3 Å². The van der Waals surface area contributed by atoms with E-state index in [1.54, 1.807) is 35.4 Å². The van der Waals surface area contributed by atoms with Gasteiger partial charge in [-0.25, -0.2) is 0 Å². The molecule has 0 unspecified atom stereocenters. The maximum absolute atomic E-state index is 8.93. The van der Waals surface area contributed by atoms with E-state index in [-0.39, 0.29) is 6.61 Å². The maximum Gasteiger partial charge on any atom is 0.101 e. The zero-order chi connectivity index (χ0) is 11.4. The van der Waals surface area contributed by atoms with Gasteiger partial charge in [0.1, 0.15) is 6.07 Å². The molecule has 5 heteroatoms. The predicted molar refractivity (Wildman–Crippen MR) is 57.3 cm³/mol. The lowest BCUT2D eigenvalue weighted by Crippen LogP contribution is -2.01. The van der Waals surface area contributed by atoms with Crippen LogP contribution >= 0.6 is 0 Å². The number of aromatic nitrogens is 3. The van der Waals surface area contributed by atoms with Crippen molar-refractivity contribution in [2.75, 3.05) is 6.61 Å². The summed E-state index contributed by atoms with van der Waals surface area (Å²) in [5.41, 5.74) is 1.92. The molecular weight excluding hydrogens is 204 g/mol. The Kier molecular flexibility index (Phi) is 2.94. The molecule has 0 radical (unpaired) electrons. The highest BCUT2D eigenvalue weighted by atomic mass is 16.3. The first-order chi connectivity index (χ1) is 7.85. The van der Waals surface area contributed by atoms with Crippen molar-refractivity contribution < 1.29 is 5.11 Å². The number of aliphatic hydroxyl groups is 1. The van der Waals surface area contributed by atoms with Crippen LogP contribution < -0.4 is 0 Å². The number of hydrogen-bond acceptors (Lipinski definition) is 4. The van der Waals surface area contributed by atoms with Crippen molar-refractivity contribution in [3.8, 4) is 17.3 Å². The monoisotopic (exact) mass is 214 g/mol. The summed E-state index contributed by atoms with van der Waals surface area (Å²) in [7, 11) is 0. The van der Waals surface area contributed by atoms with Crippen molar-refractivity contribution in [3.05, 3.63) is 36.3 Å². The Morgan fingerprint density at radius 2 is 2.38 bits per heavy atom. The molecule has 2 heterocycles. The highest BCUT2D eigenvalue weighted by Gasteiger charge is 2.07. The van der Waals surface area contributed by atoms with Crippen molar-refractivity contribution in [1.29, 1.82) is 5.26 Å². The van der Waals surface area contributed by atoms with E-state index in [9.17, 15) is 0 Å². The molecule has 0 spiro atoms. The molecule has 0 aliphatic heterocycles. The molecule has 0 aliphatic carbocycles. The predicted octanol–water partition coefficient (Wildman–Crippen LogP) is 0.809. The van der Waals surface area contributed by atoms with Gasteiger partial charge in [-0.15, -0.1) is 0 Å². The number of nitriles is 1. The molecule has 80 valence electrons. The van der Waals surface area contributed by atoms with Gasteiger partial charge in [0.25, 0.3) is 0 Å². The van der Waals surface area contributed by atoms with Crippen LogP contribution in [0.1, 0.15) is 5.56 Å². The summed E-state index contributed by atoms with van der Waals surface area (Å²) in [6, 6.07) is 5.52. The van der Waals surface area contributed by atoms with Crippen molar-refractivity contribution in [1.82, 2.24) is 14.8 Å². The Bertz CT molecular complexity index is 527. The summed E-state index contributed by atoms with van der Waals surface area (Å²) in [6.45, 7) is 0.475. The average Bonchev–Trinajstić information content (AvgIpc) is 2.78. The lowest BCUT2D eigenvalue weighted by atomic mass is 10.1. The van der Waals surface area contributed by atoms with Gasteiger partial charge in [0.15, 0.2) is 0 Å². The zero-order valence-corrected chi connectivity index (χ0v) is 8.54. The molecular formula is C11H10N4O. The van der Waals surface area contributed by atoms with Crippen LogP contribution in [0.15, 0.2) is 30.7 Å². The molecule has 0 amide bonds. The van der Waals surface area contributed by atoms with Gasteiger partial charge in [0, 0.05) is 18.0 Å². The molecule has 2 aromatic heterocycles. The molecule has 0 aliphatic rings. The fraction of sp³-hybridized carbons (Fsp3) is 0.182. The van der Waals surface area contributed by atoms with Gasteiger partial charge in [0.2, 0.25) is 0 Å². The summed E-state index contributed by atoms with van der Waals surface area (Å²) in [6.07, 6.45) is 5.04. The molecule has 2 rings (SSSR count). The third-order valence-electron chi connectivity index (χ3n) is 2.16. The van der Waals surface area contributed by atoms with E-state index >= 15 is 0 Å². The molecule has 16 heavy (non-hydrogen) atoms. The molecule has 5 nitrogen and oxygen atoms in total. The Labute approximate surface area is 92.6 Å². The van der Waals surface area contributed by atoms with Crippen molar-refractivity contribution >= 4 is 0 Å². The van der Waals surface area contributed by atoms with E-state index in [2.05, 4.69) is 16.2 Å². The molecule has 0 atom stereocenters. The normalized spacial score (nSPS) is 10.0. The van der Waals surface area contributed by atoms with Crippen molar-refractivity contribution in [3.63, 3.8) is 0 Å². The Morgan fingerprint density at radius 1 is 1.50 bits per heavy atom. The first-order valence-corrected chi connectivity index (χ1v) is 4.84. The summed E-state index contributed by atoms with van der Waals surface area (Å²) in [5, 5.41) is 21.8. The largest absolute Gasteiger partial charge is 0.394 e. The number of hydrogen-bond donors (Lipinski definition) is 1. The van der Waals surface area contributed by atoms with Gasteiger partial charge in [-0.3, -0.25) is 9.67 Å². The van der Waals surface area contributed by atoms with E-state index in [0.717, 1.165) is 5.56 Å². The van der Waals surface area contributed by atoms with Gasteiger partial charge >= 0.3 is 0 Å². The second kappa shape index (κ2) is 4.55. The van der Waals surface area contributed by atoms with Gasteiger partial charge in [-0.2, -0.15) is 10.4 Å². The van der Waals surface area contributed by atoms with Crippen LogP contribution in [-0.2, 0) is 6.54 Å². The van der Waals surface area contributed by atoms with E-state index in [4.69, 9.17) is 10.4 Å². The smallest absolute Gasteiger partial charge is 0.101 e. The lowest BCUT2D eigenvalue weighted by molar-refractivity contribution is 0.269. The van der Waals surface area contributed by atoms with Crippen LogP contribution in [0.2, 0.25) is 0 Å². The lowest BCUT2D eigenvalue weighted by Gasteiger charge is -1.98. The number of nitrogens with zero attached hydrogens (tertiary/aromatic N) is 4.